The quantitative estimate of drug-likeness (QED) is 0.298. The third kappa shape index (κ3) is 5.39. The summed E-state index contributed by atoms with van der Waals surface area (Å²) in [5.41, 5.74) is 6.82. The van der Waals surface area contributed by atoms with Crippen LogP contribution in [-0.4, -0.2) is 21.2 Å². The molecule has 3 aromatic carbocycles. The number of para-hydroxylation sites is 2. The molecular formula is C23H21N7. The number of hydrogen-bond acceptors (Lipinski definition) is 7. The van der Waals surface area contributed by atoms with Crippen LogP contribution in [0.5, 0.6) is 0 Å². The number of aryl methyl sites for hydroxylation is 1. The molecule has 0 saturated carbocycles. The van der Waals surface area contributed by atoms with Gasteiger partial charge in [-0.05, 0) is 36.8 Å². The highest BCUT2D eigenvalue weighted by Crippen LogP contribution is 2.18. The maximum atomic E-state index is 4.46. The van der Waals surface area contributed by atoms with Crippen LogP contribution in [0.25, 0.3) is 0 Å². The number of nitrogens with zero attached hydrogens (tertiary/aromatic N) is 4. The summed E-state index contributed by atoms with van der Waals surface area (Å²) < 4.78 is 0. The minimum Gasteiger partial charge on any atom is -0.324 e. The Morgan fingerprint density at radius 1 is 0.633 bits per heavy atom. The van der Waals surface area contributed by atoms with Crippen molar-refractivity contribution in [1.29, 1.82) is 0 Å². The van der Waals surface area contributed by atoms with E-state index in [1.54, 1.807) is 6.21 Å². The van der Waals surface area contributed by atoms with Crippen molar-refractivity contribution in [2.24, 2.45) is 5.10 Å². The smallest absolute Gasteiger partial charge is 0.250 e. The topological polar surface area (TPSA) is 87.1 Å². The first-order valence-corrected chi connectivity index (χ1v) is 9.50. The number of rotatable bonds is 7. The molecular weight excluding hydrogens is 374 g/mol. The van der Waals surface area contributed by atoms with E-state index in [9.17, 15) is 0 Å². The molecule has 30 heavy (non-hydrogen) atoms. The second-order valence-corrected chi connectivity index (χ2v) is 6.57. The molecule has 3 N–H and O–H groups in total. The highest BCUT2D eigenvalue weighted by atomic mass is 15.4. The lowest BCUT2D eigenvalue weighted by atomic mass is 10.2. The monoisotopic (exact) mass is 395 g/mol. The molecule has 148 valence electrons. The Bertz CT molecular complexity index is 1050. The Hall–Kier alpha value is -4.26. The Kier molecular flexibility index (Phi) is 5.91. The van der Waals surface area contributed by atoms with Crippen LogP contribution in [0, 0.1) is 6.92 Å². The van der Waals surface area contributed by atoms with E-state index in [-0.39, 0.29) is 0 Å². The van der Waals surface area contributed by atoms with Gasteiger partial charge in [-0.25, -0.2) is 5.43 Å². The van der Waals surface area contributed by atoms with E-state index in [0.29, 0.717) is 17.8 Å². The maximum absolute atomic E-state index is 4.46. The predicted molar refractivity (Wildman–Crippen MR) is 122 cm³/mol. The molecule has 0 fully saturated rings. The SMILES string of the molecule is Cc1ccc(C=NNc2nc(Nc3ccccc3)nc(Nc3ccccc3)n2)cc1. The van der Waals surface area contributed by atoms with Gasteiger partial charge >= 0.3 is 0 Å². The minimum atomic E-state index is 0.324. The first kappa shape index (κ1) is 19.1. The van der Waals surface area contributed by atoms with Crippen LogP contribution < -0.4 is 16.1 Å². The van der Waals surface area contributed by atoms with Crippen LogP contribution in [0.15, 0.2) is 90.0 Å². The molecule has 0 spiro atoms. The number of hydrogen-bond donors (Lipinski definition) is 3. The first-order valence-electron chi connectivity index (χ1n) is 9.50. The van der Waals surface area contributed by atoms with Crippen molar-refractivity contribution >= 4 is 35.4 Å². The fraction of sp³-hybridized carbons (Fsp3) is 0.0435. The first-order chi connectivity index (χ1) is 14.7. The van der Waals surface area contributed by atoms with Gasteiger partial charge in [-0.15, -0.1) is 0 Å². The predicted octanol–water partition coefficient (Wildman–Crippen LogP) is 5.11. The fourth-order valence-electron chi connectivity index (χ4n) is 2.66. The standard InChI is InChI=1S/C23H21N7/c1-17-12-14-18(15-13-17)16-24-30-23-28-21(25-19-8-4-2-5-9-19)27-22(29-23)26-20-10-6-3-7-11-20/h2-16H,1H3,(H3,25,26,27,28,29,30). The number of hydrazone groups is 1. The van der Waals surface area contributed by atoms with Crippen molar-refractivity contribution in [2.75, 3.05) is 16.1 Å². The lowest BCUT2D eigenvalue weighted by Crippen LogP contribution is -2.07. The average molecular weight is 395 g/mol. The van der Waals surface area contributed by atoms with Gasteiger partial charge in [-0.2, -0.15) is 20.1 Å². The van der Waals surface area contributed by atoms with Crippen molar-refractivity contribution in [3.05, 3.63) is 96.1 Å². The van der Waals surface area contributed by atoms with Crippen LogP contribution in [0.2, 0.25) is 0 Å². The van der Waals surface area contributed by atoms with Crippen molar-refractivity contribution in [1.82, 2.24) is 15.0 Å². The Labute approximate surface area is 175 Å². The average Bonchev–Trinajstić information content (AvgIpc) is 2.76. The summed E-state index contributed by atoms with van der Waals surface area (Å²) in [7, 11) is 0. The molecule has 0 saturated heterocycles. The van der Waals surface area contributed by atoms with Crippen LogP contribution in [0.3, 0.4) is 0 Å². The van der Waals surface area contributed by atoms with E-state index in [1.165, 1.54) is 5.56 Å². The zero-order valence-electron chi connectivity index (χ0n) is 16.4. The molecule has 0 aliphatic carbocycles. The molecule has 0 bridgehead atoms. The maximum Gasteiger partial charge on any atom is 0.250 e. The molecule has 4 aromatic rings. The van der Waals surface area contributed by atoms with E-state index in [0.717, 1.165) is 16.9 Å². The van der Waals surface area contributed by atoms with Gasteiger partial charge in [0, 0.05) is 11.4 Å². The van der Waals surface area contributed by atoms with Crippen LogP contribution >= 0.6 is 0 Å². The van der Waals surface area contributed by atoms with Gasteiger partial charge in [0.15, 0.2) is 0 Å². The van der Waals surface area contributed by atoms with Gasteiger partial charge in [0.05, 0.1) is 6.21 Å². The van der Waals surface area contributed by atoms with Crippen molar-refractivity contribution in [2.45, 2.75) is 6.92 Å². The van der Waals surface area contributed by atoms with Crippen LogP contribution in [-0.2, 0) is 0 Å². The lowest BCUT2D eigenvalue weighted by molar-refractivity contribution is 1.04. The van der Waals surface area contributed by atoms with Gasteiger partial charge in [-0.3, -0.25) is 0 Å². The zero-order valence-corrected chi connectivity index (χ0v) is 16.4. The largest absolute Gasteiger partial charge is 0.324 e. The molecule has 7 heteroatoms. The third-order valence-electron chi connectivity index (χ3n) is 4.15. The molecule has 1 aromatic heterocycles. The van der Waals surface area contributed by atoms with Gasteiger partial charge in [0.2, 0.25) is 17.8 Å². The second-order valence-electron chi connectivity index (χ2n) is 6.57. The number of anilines is 5. The van der Waals surface area contributed by atoms with Gasteiger partial charge in [0.1, 0.15) is 0 Å². The summed E-state index contributed by atoms with van der Waals surface area (Å²) in [5.74, 6) is 1.13. The third-order valence-corrected chi connectivity index (χ3v) is 4.15. The van der Waals surface area contributed by atoms with Crippen molar-refractivity contribution in [3.63, 3.8) is 0 Å². The van der Waals surface area contributed by atoms with E-state index in [2.05, 4.69) is 36.1 Å². The molecule has 0 atom stereocenters. The van der Waals surface area contributed by atoms with Crippen LogP contribution in [0.4, 0.5) is 29.2 Å². The summed E-state index contributed by atoms with van der Waals surface area (Å²) in [6.07, 6.45) is 1.72. The molecule has 0 unspecified atom stereocenters. The molecule has 0 aliphatic rings. The molecule has 0 radical (unpaired) electrons. The normalized spacial score (nSPS) is 10.7. The number of benzene rings is 3. The Morgan fingerprint density at radius 2 is 1.13 bits per heavy atom. The number of aromatic nitrogens is 3. The van der Waals surface area contributed by atoms with Crippen molar-refractivity contribution < 1.29 is 0 Å². The Balaban J connectivity index is 1.56. The van der Waals surface area contributed by atoms with Crippen molar-refractivity contribution in [3.8, 4) is 0 Å². The summed E-state index contributed by atoms with van der Waals surface area (Å²) in [5, 5.41) is 10.6. The highest BCUT2D eigenvalue weighted by Gasteiger charge is 2.07. The highest BCUT2D eigenvalue weighted by molar-refractivity contribution is 5.80. The summed E-state index contributed by atoms with van der Waals surface area (Å²) in [4.78, 5) is 13.3. The van der Waals surface area contributed by atoms with E-state index >= 15 is 0 Å². The summed E-state index contributed by atoms with van der Waals surface area (Å²) >= 11 is 0. The second kappa shape index (κ2) is 9.29. The molecule has 0 amide bonds. The van der Waals surface area contributed by atoms with Crippen LogP contribution in [0.1, 0.15) is 11.1 Å². The number of nitrogens with one attached hydrogen (secondary N) is 3. The molecule has 7 nitrogen and oxygen atoms in total. The van der Waals surface area contributed by atoms with E-state index in [4.69, 9.17) is 0 Å². The van der Waals surface area contributed by atoms with Gasteiger partial charge in [0.25, 0.3) is 0 Å². The summed E-state index contributed by atoms with van der Waals surface area (Å²) in [6, 6.07) is 27.5. The lowest BCUT2D eigenvalue weighted by Gasteiger charge is -2.10. The van der Waals surface area contributed by atoms with Gasteiger partial charge in [-0.1, -0.05) is 66.2 Å². The van der Waals surface area contributed by atoms with Gasteiger partial charge < -0.3 is 10.6 Å². The minimum absolute atomic E-state index is 0.324. The van der Waals surface area contributed by atoms with E-state index < -0.39 is 0 Å². The molecule has 4 rings (SSSR count). The fourth-order valence-corrected chi connectivity index (χ4v) is 2.66. The van der Waals surface area contributed by atoms with E-state index in [1.807, 2.05) is 91.9 Å². The zero-order chi connectivity index (χ0) is 20.6. The molecule has 0 aliphatic heterocycles. The Morgan fingerprint density at radius 3 is 1.67 bits per heavy atom. The summed E-state index contributed by atoms with van der Waals surface area (Å²) in [6.45, 7) is 2.05. The molecule has 1 heterocycles.